The van der Waals surface area contributed by atoms with Crippen LogP contribution in [0.25, 0.3) is 0 Å². The zero-order valence-corrected chi connectivity index (χ0v) is 11.8. The minimum absolute atomic E-state index is 0.155. The standard InChI is InChI=1S/C12H18N4O4/c1-5-18-12(17)10(8-13)14-20-11-9(2)19-7-6-16(11)15(3)4/h11H,2,5-7H2,1,3-4H3/b14-10+. The van der Waals surface area contributed by atoms with Gasteiger partial charge in [0.15, 0.2) is 0 Å². The van der Waals surface area contributed by atoms with Crippen LogP contribution in [-0.4, -0.2) is 61.8 Å². The van der Waals surface area contributed by atoms with Crippen LogP contribution >= 0.6 is 0 Å². The van der Waals surface area contributed by atoms with Gasteiger partial charge in [-0.1, -0.05) is 11.7 Å². The summed E-state index contributed by atoms with van der Waals surface area (Å²) in [4.78, 5) is 16.6. The minimum Gasteiger partial charge on any atom is -0.492 e. The van der Waals surface area contributed by atoms with Crippen LogP contribution in [0, 0.1) is 11.3 Å². The number of hydrogen-bond donors (Lipinski definition) is 0. The summed E-state index contributed by atoms with van der Waals surface area (Å²) in [5.41, 5.74) is -0.455. The largest absolute Gasteiger partial charge is 0.492 e. The van der Waals surface area contributed by atoms with Crippen LogP contribution in [0.5, 0.6) is 0 Å². The number of hydrazine groups is 1. The van der Waals surface area contributed by atoms with Crippen LogP contribution in [0.4, 0.5) is 0 Å². The number of esters is 1. The quantitative estimate of drug-likeness (QED) is 0.401. The molecule has 20 heavy (non-hydrogen) atoms. The van der Waals surface area contributed by atoms with Crippen molar-refractivity contribution >= 4 is 11.7 Å². The number of carbonyl (C=O) groups excluding carboxylic acids is 1. The fourth-order valence-electron chi connectivity index (χ4n) is 1.55. The van der Waals surface area contributed by atoms with Gasteiger partial charge in [0.25, 0.3) is 11.9 Å². The lowest BCUT2D eigenvalue weighted by molar-refractivity contribution is -0.175. The third-order valence-corrected chi connectivity index (χ3v) is 2.49. The second-order valence-electron chi connectivity index (χ2n) is 4.05. The van der Waals surface area contributed by atoms with E-state index in [1.807, 2.05) is 14.1 Å². The molecular formula is C12H18N4O4. The van der Waals surface area contributed by atoms with E-state index in [-0.39, 0.29) is 6.61 Å². The maximum Gasteiger partial charge on any atom is 0.371 e. The van der Waals surface area contributed by atoms with Crippen molar-refractivity contribution in [3.05, 3.63) is 12.3 Å². The Labute approximate surface area is 117 Å². The van der Waals surface area contributed by atoms with Crippen LogP contribution in [0.1, 0.15) is 6.92 Å². The van der Waals surface area contributed by atoms with Gasteiger partial charge in [-0.15, -0.1) is 0 Å². The molecule has 0 radical (unpaired) electrons. The lowest BCUT2D eigenvalue weighted by atomic mass is 10.4. The molecular weight excluding hydrogens is 264 g/mol. The van der Waals surface area contributed by atoms with Gasteiger partial charge in [-0.25, -0.2) is 9.80 Å². The Balaban J connectivity index is 2.80. The molecule has 1 fully saturated rings. The molecule has 0 N–H and O–H groups in total. The molecule has 1 rings (SSSR count). The fraction of sp³-hybridized carbons (Fsp3) is 0.583. The van der Waals surface area contributed by atoms with E-state index in [4.69, 9.17) is 14.8 Å². The van der Waals surface area contributed by atoms with Crippen molar-refractivity contribution in [2.24, 2.45) is 5.16 Å². The molecule has 1 unspecified atom stereocenters. The number of nitrogens with zero attached hydrogens (tertiary/aromatic N) is 4. The second-order valence-corrected chi connectivity index (χ2v) is 4.05. The first-order valence-corrected chi connectivity index (χ1v) is 6.07. The number of oxime groups is 1. The molecule has 1 saturated heterocycles. The average Bonchev–Trinajstić information content (AvgIpc) is 2.40. The lowest BCUT2D eigenvalue weighted by Crippen LogP contribution is -2.51. The van der Waals surface area contributed by atoms with Crippen molar-refractivity contribution in [2.75, 3.05) is 33.9 Å². The molecule has 0 saturated carbocycles. The minimum atomic E-state index is -0.825. The Hall–Kier alpha value is -2.11. The average molecular weight is 282 g/mol. The number of rotatable bonds is 5. The summed E-state index contributed by atoms with van der Waals surface area (Å²) in [6.45, 7) is 6.57. The van der Waals surface area contributed by atoms with Crippen molar-refractivity contribution < 1.29 is 19.1 Å². The molecule has 1 aliphatic rings. The van der Waals surface area contributed by atoms with Crippen LogP contribution < -0.4 is 0 Å². The number of nitriles is 1. The summed E-state index contributed by atoms with van der Waals surface area (Å²) >= 11 is 0. The van der Waals surface area contributed by atoms with Crippen LogP contribution in [0.15, 0.2) is 17.5 Å². The van der Waals surface area contributed by atoms with E-state index in [1.165, 1.54) is 0 Å². The summed E-state index contributed by atoms with van der Waals surface area (Å²) in [7, 11) is 3.66. The van der Waals surface area contributed by atoms with Crippen molar-refractivity contribution in [3.8, 4) is 6.07 Å². The highest BCUT2D eigenvalue weighted by Gasteiger charge is 2.31. The molecule has 0 aromatic carbocycles. The highest BCUT2D eigenvalue weighted by molar-refractivity contribution is 6.42. The van der Waals surface area contributed by atoms with Crippen molar-refractivity contribution in [3.63, 3.8) is 0 Å². The molecule has 0 aromatic heterocycles. The fourth-order valence-corrected chi connectivity index (χ4v) is 1.55. The topological polar surface area (TPSA) is 87.4 Å². The Morgan fingerprint density at radius 1 is 1.70 bits per heavy atom. The first-order chi connectivity index (χ1) is 9.51. The van der Waals surface area contributed by atoms with Crippen molar-refractivity contribution in [2.45, 2.75) is 13.2 Å². The Kier molecular flexibility index (Phi) is 5.96. The van der Waals surface area contributed by atoms with Crippen LogP contribution in [0.3, 0.4) is 0 Å². The van der Waals surface area contributed by atoms with Gasteiger partial charge < -0.3 is 14.3 Å². The van der Waals surface area contributed by atoms with Gasteiger partial charge in [0.1, 0.15) is 18.4 Å². The maximum atomic E-state index is 11.4. The normalized spacial score (nSPS) is 20.2. The van der Waals surface area contributed by atoms with E-state index in [0.29, 0.717) is 18.9 Å². The Morgan fingerprint density at radius 3 is 2.95 bits per heavy atom. The molecule has 0 spiro atoms. The van der Waals surface area contributed by atoms with E-state index >= 15 is 0 Å². The highest BCUT2D eigenvalue weighted by Crippen LogP contribution is 2.18. The lowest BCUT2D eigenvalue weighted by Gasteiger charge is -2.38. The smallest absolute Gasteiger partial charge is 0.371 e. The van der Waals surface area contributed by atoms with Gasteiger partial charge >= 0.3 is 5.97 Å². The van der Waals surface area contributed by atoms with Gasteiger partial charge in [-0.3, -0.25) is 0 Å². The van der Waals surface area contributed by atoms with Gasteiger partial charge in [-0.2, -0.15) is 10.3 Å². The van der Waals surface area contributed by atoms with Gasteiger partial charge in [-0.05, 0) is 6.92 Å². The third kappa shape index (κ3) is 3.94. The van der Waals surface area contributed by atoms with E-state index in [1.54, 1.807) is 23.0 Å². The second kappa shape index (κ2) is 7.47. The third-order valence-electron chi connectivity index (χ3n) is 2.49. The maximum absolute atomic E-state index is 11.4. The number of morpholine rings is 1. The predicted molar refractivity (Wildman–Crippen MR) is 70.0 cm³/mol. The van der Waals surface area contributed by atoms with E-state index in [2.05, 4.69) is 16.5 Å². The Bertz CT molecular complexity index is 441. The SMILES string of the molecule is C=C1OCCN(N(C)C)C1O/N=C(\C#N)C(=O)OCC. The summed E-state index contributed by atoms with van der Waals surface area (Å²) in [5.74, 6) is -0.469. The number of hydrogen-bond acceptors (Lipinski definition) is 8. The summed E-state index contributed by atoms with van der Waals surface area (Å²) in [6.07, 6.45) is -0.698. The first-order valence-electron chi connectivity index (χ1n) is 6.07. The van der Waals surface area contributed by atoms with Gasteiger partial charge in [0.05, 0.1) is 13.2 Å². The zero-order chi connectivity index (χ0) is 15.1. The number of ether oxygens (including phenoxy) is 2. The number of carbonyl (C=O) groups is 1. The van der Waals surface area contributed by atoms with E-state index in [0.717, 1.165) is 0 Å². The molecule has 110 valence electrons. The summed E-state index contributed by atoms with van der Waals surface area (Å²) < 4.78 is 9.97. The highest BCUT2D eigenvalue weighted by atomic mass is 16.7. The first kappa shape index (κ1) is 15.9. The van der Waals surface area contributed by atoms with Crippen LogP contribution in [-0.2, 0) is 19.1 Å². The molecule has 1 heterocycles. The zero-order valence-electron chi connectivity index (χ0n) is 11.8. The van der Waals surface area contributed by atoms with Crippen molar-refractivity contribution in [1.29, 1.82) is 5.26 Å². The summed E-state index contributed by atoms with van der Waals surface area (Å²) in [5, 5.41) is 16.0. The Morgan fingerprint density at radius 2 is 2.40 bits per heavy atom. The van der Waals surface area contributed by atoms with E-state index < -0.39 is 17.9 Å². The van der Waals surface area contributed by atoms with E-state index in [9.17, 15) is 4.79 Å². The summed E-state index contributed by atoms with van der Waals surface area (Å²) in [6, 6.07) is 1.63. The molecule has 0 amide bonds. The molecule has 1 atom stereocenters. The monoisotopic (exact) mass is 282 g/mol. The predicted octanol–water partition coefficient (Wildman–Crippen LogP) is 0.0943. The molecule has 8 nitrogen and oxygen atoms in total. The molecule has 8 heteroatoms. The molecule has 0 bridgehead atoms. The van der Waals surface area contributed by atoms with Crippen molar-refractivity contribution in [1.82, 2.24) is 10.0 Å². The molecule has 1 aliphatic heterocycles. The van der Waals surface area contributed by atoms with Gasteiger partial charge in [0, 0.05) is 14.1 Å². The molecule has 0 aromatic rings. The molecule has 0 aliphatic carbocycles. The van der Waals surface area contributed by atoms with Crippen LogP contribution in [0.2, 0.25) is 0 Å². The van der Waals surface area contributed by atoms with Gasteiger partial charge in [0.2, 0.25) is 0 Å².